The summed E-state index contributed by atoms with van der Waals surface area (Å²) in [6.07, 6.45) is 1.69. The van der Waals surface area contributed by atoms with Crippen LogP contribution in [0.1, 0.15) is 29.9 Å². The van der Waals surface area contributed by atoms with Gasteiger partial charge in [-0.3, -0.25) is 0 Å². The van der Waals surface area contributed by atoms with Crippen LogP contribution in [0.2, 0.25) is 0 Å². The van der Waals surface area contributed by atoms with Crippen molar-refractivity contribution in [3.8, 4) is 5.75 Å². The molecule has 0 aliphatic rings. The van der Waals surface area contributed by atoms with Crippen LogP contribution >= 0.6 is 0 Å². The van der Waals surface area contributed by atoms with Crippen LogP contribution in [0.15, 0.2) is 34.9 Å². The summed E-state index contributed by atoms with van der Waals surface area (Å²) in [7, 11) is 1.70. The molecule has 0 fully saturated rings. The molecule has 2 aromatic rings. The predicted molar refractivity (Wildman–Crippen MR) is 73.2 cm³/mol. The Bertz CT molecular complexity index is 518. The molecule has 0 aliphatic heterocycles. The SMILES string of the molecule is COc1c(C)ccc(NC(C)c2ccco2)c1C. The molecule has 1 aromatic carbocycles. The number of rotatable bonds is 4. The van der Waals surface area contributed by atoms with E-state index in [4.69, 9.17) is 9.15 Å². The highest BCUT2D eigenvalue weighted by molar-refractivity contribution is 5.60. The summed E-state index contributed by atoms with van der Waals surface area (Å²) >= 11 is 0. The maximum atomic E-state index is 5.43. The smallest absolute Gasteiger partial charge is 0.126 e. The topological polar surface area (TPSA) is 34.4 Å². The number of hydrogen-bond donors (Lipinski definition) is 1. The molecule has 2 rings (SSSR count). The van der Waals surface area contributed by atoms with Crippen LogP contribution in [0.25, 0.3) is 0 Å². The first kappa shape index (κ1) is 12.6. The monoisotopic (exact) mass is 245 g/mol. The molecule has 1 heterocycles. The number of furan rings is 1. The first-order valence-corrected chi connectivity index (χ1v) is 6.07. The number of methoxy groups -OCH3 is 1. The van der Waals surface area contributed by atoms with Crippen LogP contribution in [0.5, 0.6) is 5.75 Å². The number of nitrogens with one attached hydrogen (secondary N) is 1. The first-order chi connectivity index (χ1) is 8.63. The average Bonchev–Trinajstić information content (AvgIpc) is 2.87. The third-order valence-corrected chi connectivity index (χ3v) is 3.15. The number of benzene rings is 1. The van der Waals surface area contributed by atoms with E-state index < -0.39 is 0 Å². The van der Waals surface area contributed by atoms with Crippen LogP contribution in [0, 0.1) is 13.8 Å². The molecule has 0 saturated carbocycles. The third-order valence-electron chi connectivity index (χ3n) is 3.15. The summed E-state index contributed by atoms with van der Waals surface area (Å²) in [6, 6.07) is 8.13. The Labute approximate surface area is 108 Å². The zero-order valence-corrected chi connectivity index (χ0v) is 11.3. The number of hydrogen-bond acceptors (Lipinski definition) is 3. The summed E-state index contributed by atoms with van der Waals surface area (Å²) in [6.45, 7) is 6.18. The second-order valence-corrected chi connectivity index (χ2v) is 4.47. The Balaban J connectivity index is 2.24. The highest BCUT2D eigenvalue weighted by Crippen LogP contribution is 2.31. The highest BCUT2D eigenvalue weighted by Gasteiger charge is 2.12. The normalized spacial score (nSPS) is 12.2. The van der Waals surface area contributed by atoms with Crippen molar-refractivity contribution in [3.63, 3.8) is 0 Å². The molecule has 0 aliphatic carbocycles. The van der Waals surface area contributed by atoms with E-state index in [1.807, 2.05) is 19.1 Å². The summed E-state index contributed by atoms with van der Waals surface area (Å²) in [4.78, 5) is 0. The van der Waals surface area contributed by atoms with Gasteiger partial charge >= 0.3 is 0 Å². The minimum Gasteiger partial charge on any atom is -0.496 e. The van der Waals surface area contributed by atoms with Gasteiger partial charge in [-0.15, -0.1) is 0 Å². The maximum Gasteiger partial charge on any atom is 0.126 e. The molecule has 0 bridgehead atoms. The van der Waals surface area contributed by atoms with Gasteiger partial charge in [0.05, 0.1) is 19.4 Å². The number of aryl methyl sites for hydroxylation is 1. The van der Waals surface area contributed by atoms with E-state index in [0.717, 1.165) is 28.3 Å². The molecule has 1 atom stereocenters. The largest absolute Gasteiger partial charge is 0.496 e. The molecule has 0 saturated heterocycles. The van der Waals surface area contributed by atoms with Gasteiger partial charge in [-0.2, -0.15) is 0 Å². The van der Waals surface area contributed by atoms with Gasteiger partial charge in [0.1, 0.15) is 11.5 Å². The molecule has 0 spiro atoms. The minimum atomic E-state index is 0.131. The quantitative estimate of drug-likeness (QED) is 0.881. The lowest BCUT2D eigenvalue weighted by Crippen LogP contribution is -2.07. The first-order valence-electron chi connectivity index (χ1n) is 6.07. The average molecular weight is 245 g/mol. The summed E-state index contributed by atoms with van der Waals surface area (Å²) in [5, 5.41) is 3.44. The Morgan fingerprint density at radius 1 is 1.22 bits per heavy atom. The fourth-order valence-corrected chi connectivity index (χ4v) is 2.14. The molecule has 96 valence electrons. The second kappa shape index (κ2) is 5.17. The van der Waals surface area contributed by atoms with Crippen molar-refractivity contribution in [1.82, 2.24) is 0 Å². The van der Waals surface area contributed by atoms with E-state index in [9.17, 15) is 0 Å². The molecule has 1 N–H and O–H groups in total. The van der Waals surface area contributed by atoms with Crippen LogP contribution in [-0.4, -0.2) is 7.11 Å². The molecule has 3 nitrogen and oxygen atoms in total. The van der Waals surface area contributed by atoms with Gasteiger partial charge in [-0.05, 0) is 44.5 Å². The van der Waals surface area contributed by atoms with Gasteiger partial charge < -0.3 is 14.5 Å². The van der Waals surface area contributed by atoms with Crippen LogP contribution in [0.3, 0.4) is 0 Å². The lowest BCUT2D eigenvalue weighted by atomic mass is 10.1. The van der Waals surface area contributed by atoms with Gasteiger partial charge in [0, 0.05) is 11.3 Å². The van der Waals surface area contributed by atoms with E-state index in [-0.39, 0.29) is 6.04 Å². The van der Waals surface area contributed by atoms with Crippen LogP contribution in [0.4, 0.5) is 5.69 Å². The van der Waals surface area contributed by atoms with Crippen molar-refractivity contribution in [2.75, 3.05) is 12.4 Å². The summed E-state index contributed by atoms with van der Waals surface area (Å²) in [5.74, 6) is 1.86. The van der Waals surface area contributed by atoms with Gasteiger partial charge in [0.2, 0.25) is 0 Å². The Morgan fingerprint density at radius 3 is 2.61 bits per heavy atom. The van der Waals surface area contributed by atoms with Crippen molar-refractivity contribution >= 4 is 5.69 Å². The van der Waals surface area contributed by atoms with Gasteiger partial charge in [-0.25, -0.2) is 0 Å². The molecular weight excluding hydrogens is 226 g/mol. The van der Waals surface area contributed by atoms with Gasteiger partial charge in [-0.1, -0.05) is 6.07 Å². The van der Waals surface area contributed by atoms with E-state index in [1.54, 1.807) is 13.4 Å². The Kier molecular flexibility index (Phi) is 3.60. The number of anilines is 1. The predicted octanol–water partition coefficient (Wildman–Crippen LogP) is 4.08. The second-order valence-electron chi connectivity index (χ2n) is 4.47. The molecule has 1 unspecified atom stereocenters. The van der Waals surface area contributed by atoms with Crippen molar-refractivity contribution in [2.24, 2.45) is 0 Å². The molecule has 3 heteroatoms. The van der Waals surface area contributed by atoms with Crippen molar-refractivity contribution < 1.29 is 9.15 Å². The third kappa shape index (κ3) is 2.35. The Hall–Kier alpha value is -1.90. The molecule has 0 amide bonds. The van der Waals surface area contributed by atoms with E-state index in [0.29, 0.717) is 0 Å². The zero-order chi connectivity index (χ0) is 13.1. The minimum absolute atomic E-state index is 0.131. The highest BCUT2D eigenvalue weighted by atomic mass is 16.5. The fraction of sp³-hybridized carbons (Fsp3) is 0.333. The molecule has 18 heavy (non-hydrogen) atoms. The van der Waals surface area contributed by atoms with E-state index in [2.05, 4.69) is 31.3 Å². The Morgan fingerprint density at radius 2 is 2.00 bits per heavy atom. The lowest BCUT2D eigenvalue weighted by molar-refractivity contribution is 0.408. The molecule has 1 aromatic heterocycles. The van der Waals surface area contributed by atoms with Gasteiger partial charge in [0.15, 0.2) is 0 Å². The molecule has 0 radical (unpaired) electrons. The standard InChI is InChI=1S/C15H19NO2/c1-10-7-8-13(11(2)15(10)17-4)16-12(3)14-6-5-9-18-14/h5-9,12,16H,1-4H3. The van der Waals surface area contributed by atoms with Crippen LogP contribution < -0.4 is 10.1 Å². The maximum absolute atomic E-state index is 5.43. The van der Waals surface area contributed by atoms with E-state index >= 15 is 0 Å². The zero-order valence-electron chi connectivity index (χ0n) is 11.3. The van der Waals surface area contributed by atoms with Crippen molar-refractivity contribution in [1.29, 1.82) is 0 Å². The van der Waals surface area contributed by atoms with Gasteiger partial charge in [0.25, 0.3) is 0 Å². The van der Waals surface area contributed by atoms with Crippen molar-refractivity contribution in [3.05, 3.63) is 47.4 Å². The lowest BCUT2D eigenvalue weighted by Gasteiger charge is -2.18. The molecular formula is C15H19NO2. The fourth-order valence-electron chi connectivity index (χ4n) is 2.14. The van der Waals surface area contributed by atoms with E-state index in [1.165, 1.54) is 0 Å². The van der Waals surface area contributed by atoms with Crippen LogP contribution in [-0.2, 0) is 0 Å². The summed E-state index contributed by atoms with van der Waals surface area (Å²) < 4.78 is 10.8. The van der Waals surface area contributed by atoms with Crippen molar-refractivity contribution in [2.45, 2.75) is 26.8 Å². The number of ether oxygens (including phenoxy) is 1. The summed E-state index contributed by atoms with van der Waals surface area (Å²) in [5.41, 5.74) is 3.34.